The third-order valence-electron chi connectivity index (χ3n) is 4.43. The summed E-state index contributed by atoms with van der Waals surface area (Å²) in [5.74, 6) is 0.149. The van der Waals surface area contributed by atoms with Crippen LogP contribution >= 0.6 is 0 Å². The van der Waals surface area contributed by atoms with Gasteiger partial charge in [0, 0.05) is 12.1 Å². The quantitative estimate of drug-likeness (QED) is 0.895. The van der Waals surface area contributed by atoms with E-state index in [0.717, 1.165) is 23.2 Å². The summed E-state index contributed by atoms with van der Waals surface area (Å²) in [4.78, 5) is 24.0. The van der Waals surface area contributed by atoms with Crippen molar-refractivity contribution in [1.29, 1.82) is 0 Å². The summed E-state index contributed by atoms with van der Waals surface area (Å²) < 4.78 is 5.31. The first-order valence-corrected chi connectivity index (χ1v) is 8.45. The summed E-state index contributed by atoms with van der Waals surface area (Å²) in [6.07, 6.45) is 0.717. The van der Waals surface area contributed by atoms with E-state index >= 15 is 0 Å². The lowest BCUT2D eigenvalue weighted by atomic mass is 9.86. The highest BCUT2D eigenvalue weighted by Gasteiger charge is 2.28. The van der Waals surface area contributed by atoms with Gasteiger partial charge in [-0.3, -0.25) is 10.1 Å². The van der Waals surface area contributed by atoms with E-state index in [1.165, 1.54) is 0 Å². The molecular formula is C20H22N2O3. The molecule has 2 aromatic rings. The van der Waals surface area contributed by atoms with Crippen LogP contribution in [0.25, 0.3) is 0 Å². The Hall–Kier alpha value is -2.82. The van der Waals surface area contributed by atoms with Gasteiger partial charge >= 0.3 is 6.09 Å². The highest BCUT2D eigenvalue weighted by Crippen LogP contribution is 2.28. The summed E-state index contributed by atoms with van der Waals surface area (Å²) in [6, 6.07) is 17.3. The second kappa shape index (κ2) is 7.83. The molecule has 2 N–H and O–H groups in total. The number of anilines is 1. The molecule has 0 saturated carbocycles. The van der Waals surface area contributed by atoms with Gasteiger partial charge < -0.3 is 10.1 Å². The van der Waals surface area contributed by atoms with Crippen LogP contribution in [-0.2, 0) is 9.53 Å². The van der Waals surface area contributed by atoms with Crippen molar-refractivity contribution in [2.24, 2.45) is 0 Å². The number of rotatable bonds is 4. The van der Waals surface area contributed by atoms with E-state index in [1.54, 1.807) is 0 Å². The normalized spacial score (nSPS) is 19.8. The molecule has 0 aromatic heterocycles. The highest BCUT2D eigenvalue weighted by atomic mass is 16.5. The van der Waals surface area contributed by atoms with E-state index in [1.807, 2.05) is 61.5 Å². The van der Waals surface area contributed by atoms with E-state index in [4.69, 9.17) is 4.74 Å². The number of benzene rings is 2. The van der Waals surface area contributed by atoms with Crippen molar-refractivity contribution >= 4 is 17.7 Å². The summed E-state index contributed by atoms with van der Waals surface area (Å²) in [5.41, 5.74) is 2.84. The molecule has 1 fully saturated rings. The van der Waals surface area contributed by atoms with Gasteiger partial charge in [0.05, 0.1) is 6.04 Å². The Bertz CT molecular complexity index is 746. The zero-order chi connectivity index (χ0) is 17.6. The second-order valence-corrected chi connectivity index (χ2v) is 6.35. The monoisotopic (exact) mass is 338 g/mol. The molecule has 2 amide bonds. The number of piperidine rings is 1. The van der Waals surface area contributed by atoms with E-state index in [9.17, 15) is 9.59 Å². The van der Waals surface area contributed by atoms with Crippen LogP contribution in [0.4, 0.5) is 10.5 Å². The van der Waals surface area contributed by atoms with E-state index in [0.29, 0.717) is 6.42 Å². The predicted octanol–water partition coefficient (Wildman–Crippen LogP) is 3.61. The van der Waals surface area contributed by atoms with Crippen molar-refractivity contribution in [1.82, 2.24) is 5.32 Å². The molecule has 0 spiro atoms. The third-order valence-corrected chi connectivity index (χ3v) is 4.43. The molecule has 5 heteroatoms. The molecule has 3 rings (SSSR count). The molecule has 25 heavy (non-hydrogen) atoms. The Balaban J connectivity index is 1.54. The molecule has 0 unspecified atom stereocenters. The molecule has 5 nitrogen and oxygen atoms in total. The van der Waals surface area contributed by atoms with Crippen LogP contribution in [0.1, 0.15) is 29.9 Å². The van der Waals surface area contributed by atoms with Gasteiger partial charge in [-0.25, -0.2) is 4.79 Å². The van der Waals surface area contributed by atoms with E-state index in [2.05, 4.69) is 10.6 Å². The average molecular weight is 338 g/mol. The standard InChI is InChI=1S/C20H22N2O3/c1-14-7-5-6-10-18(14)22-20(24)25-13-17-11-16(12-19(23)21-17)15-8-3-2-4-9-15/h2-10,16-17H,11-13H2,1H3,(H,21,23)(H,22,24)/t16-,17+/m1/s1. The number of amides is 2. The summed E-state index contributed by atoms with van der Waals surface area (Å²) in [6.45, 7) is 2.08. The second-order valence-electron chi connectivity index (χ2n) is 6.35. The number of carbonyl (C=O) groups excluding carboxylic acids is 2. The molecule has 0 bridgehead atoms. The Morgan fingerprint density at radius 3 is 2.64 bits per heavy atom. The molecule has 0 radical (unpaired) electrons. The molecular weight excluding hydrogens is 316 g/mol. The molecule has 130 valence electrons. The Labute approximate surface area is 147 Å². The fourth-order valence-electron chi connectivity index (χ4n) is 3.12. The smallest absolute Gasteiger partial charge is 0.411 e. The molecule has 1 aliphatic rings. The van der Waals surface area contributed by atoms with Crippen molar-refractivity contribution in [3.63, 3.8) is 0 Å². The minimum absolute atomic E-state index is 0.00647. The summed E-state index contributed by atoms with van der Waals surface area (Å²) in [5, 5.41) is 5.63. The van der Waals surface area contributed by atoms with E-state index < -0.39 is 6.09 Å². The van der Waals surface area contributed by atoms with Crippen LogP contribution in [-0.4, -0.2) is 24.6 Å². The maximum Gasteiger partial charge on any atom is 0.411 e. The van der Waals surface area contributed by atoms with Gasteiger partial charge in [0.1, 0.15) is 6.61 Å². The lowest BCUT2D eigenvalue weighted by Gasteiger charge is -2.29. The van der Waals surface area contributed by atoms with Crippen molar-refractivity contribution in [2.45, 2.75) is 31.7 Å². The maximum absolute atomic E-state index is 12.0. The van der Waals surface area contributed by atoms with Gasteiger partial charge in [0.2, 0.25) is 5.91 Å². The maximum atomic E-state index is 12.0. The Morgan fingerprint density at radius 2 is 1.88 bits per heavy atom. The first-order valence-electron chi connectivity index (χ1n) is 8.45. The molecule has 0 aliphatic carbocycles. The first kappa shape index (κ1) is 17.0. The van der Waals surface area contributed by atoms with Crippen molar-refractivity contribution in [3.05, 3.63) is 65.7 Å². The van der Waals surface area contributed by atoms with Crippen molar-refractivity contribution in [2.75, 3.05) is 11.9 Å². The van der Waals surface area contributed by atoms with E-state index in [-0.39, 0.29) is 24.5 Å². The SMILES string of the molecule is Cc1ccccc1NC(=O)OC[C@@H]1C[C@@H](c2ccccc2)CC(=O)N1. The highest BCUT2D eigenvalue weighted by molar-refractivity contribution is 5.85. The largest absolute Gasteiger partial charge is 0.447 e. The van der Waals surface area contributed by atoms with Gasteiger partial charge in [-0.1, -0.05) is 48.5 Å². The number of hydrogen-bond acceptors (Lipinski definition) is 3. The third kappa shape index (κ3) is 4.59. The topological polar surface area (TPSA) is 67.4 Å². The lowest BCUT2D eigenvalue weighted by Crippen LogP contribution is -2.44. The Morgan fingerprint density at radius 1 is 1.16 bits per heavy atom. The van der Waals surface area contributed by atoms with Crippen LogP contribution in [0.2, 0.25) is 0 Å². The number of para-hydroxylation sites is 1. The van der Waals surface area contributed by atoms with Gasteiger partial charge in [0.25, 0.3) is 0 Å². The van der Waals surface area contributed by atoms with Gasteiger partial charge in [0.15, 0.2) is 0 Å². The average Bonchev–Trinajstić information content (AvgIpc) is 2.62. The van der Waals surface area contributed by atoms with Gasteiger partial charge in [-0.2, -0.15) is 0 Å². The predicted molar refractivity (Wildman–Crippen MR) is 96.5 cm³/mol. The lowest BCUT2D eigenvalue weighted by molar-refractivity contribution is -0.124. The molecule has 1 heterocycles. The van der Waals surface area contributed by atoms with Crippen LogP contribution < -0.4 is 10.6 Å². The number of hydrogen-bond donors (Lipinski definition) is 2. The summed E-state index contributed by atoms with van der Waals surface area (Å²) >= 11 is 0. The van der Waals surface area contributed by atoms with Crippen molar-refractivity contribution in [3.8, 4) is 0 Å². The van der Waals surface area contributed by atoms with Crippen LogP contribution in [0.3, 0.4) is 0 Å². The van der Waals surface area contributed by atoms with Gasteiger partial charge in [-0.15, -0.1) is 0 Å². The Kier molecular flexibility index (Phi) is 5.33. The van der Waals surface area contributed by atoms with Crippen molar-refractivity contribution < 1.29 is 14.3 Å². The van der Waals surface area contributed by atoms with Crippen LogP contribution in [0, 0.1) is 6.92 Å². The van der Waals surface area contributed by atoms with Gasteiger partial charge in [-0.05, 0) is 36.5 Å². The fourth-order valence-corrected chi connectivity index (χ4v) is 3.12. The zero-order valence-electron chi connectivity index (χ0n) is 14.2. The number of carbonyl (C=O) groups is 2. The molecule has 1 aliphatic heterocycles. The molecule has 2 aromatic carbocycles. The number of aryl methyl sites for hydroxylation is 1. The first-order chi connectivity index (χ1) is 12.1. The molecule has 1 saturated heterocycles. The summed E-state index contributed by atoms with van der Waals surface area (Å²) in [7, 11) is 0. The minimum atomic E-state index is -0.509. The van der Waals surface area contributed by atoms with Crippen LogP contribution in [0.5, 0.6) is 0 Å². The molecule has 2 atom stereocenters. The van der Waals surface area contributed by atoms with Crippen LogP contribution in [0.15, 0.2) is 54.6 Å². The number of nitrogens with one attached hydrogen (secondary N) is 2. The zero-order valence-corrected chi connectivity index (χ0v) is 14.2. The fraction of sp³-hybridized carbons (Fsp3) is 0.300. The number of ether oxygens (including phenoxy) is 1. The minimum Gasteiger partial charge on any atom is -0.447 e.